The Morgan fingerprint density at radius 3 is 2.42 bits per heavy atom. The monoisotopic (exact) mass is 362 g/mol. The van der Waals surface area contributed by atoms with Crippen LogP contribution < -0.4 is 5.73 Å². The van der Waals surface area contributed by atoms with E-state index in [0.717, 1.165) is 23.3 Å². The van der Waals surface area contributed by atoms with Gasteiger partial charge in [-0.25, -0.2) is 0 Å². The molecule has 1 aromatic heterocycles. The molecule has 0 saturated carbocycles. The topological polar surface area (TPSA) is 97.4 Å². The first-order valence-corrected chi connectivity index (χ1v) is 9.64. The average Bonchev–Trinajstić information content (AvgIpc) is 3.13. The number of hydrogen-bond donors (Lipinski definition) is 1. The van der Waals surface area contributed by atoms with Crippen molar-refractivity contribution in [3.05, 3.63) is 45.3 Å². The predicted octanol–water partition coefficient (Wildman–Crippen LogP) is 4.61. The van der Waals surface area contributed by atoms with E-state index in [-0.39, 0.29) is 22.9 Å². The van der Waals surface area contributed by atoms with Crippen LogP contribution in [0.25, 0.3) is 0 Å². The largest absolute Gasteiger partial charge is 0.399 e. The van der Waals surface area contributed by atoms with Crippen LogP contribution >= 0.6 is 11.3 Å². The summed E-state index contributed by atoms with van der Waals surface area (Å²) < 4.78 is 0. The summed E-state index contributed by atoms with van der Waals surface area (Å²) in [7, 11) is 0. The first kappa shape index (κ1) is 18.2. The Morgan fingerprint density at radius 1 is 1.23 bits per heavy atom. The Balaban J connectivity index is 2.27. The second-order valence-electron chi connectivity index (χ2n) is 8.23. The fraction of sp³-hybridized carbons (Fsp3) is 0.476. The van der Waals surface area contributed by atoms with Gasteiger partial charge in [-0.15, -0.1) is 11.3 Å². The Morgan fingerprint density at radius 2 is 1.92 bits per heavy atom. The van der Waals surface area contributed by atoms with Gasteiger partial charge in [-0.1, -0.05) is 32.9 Å². The summed E-state index contributed by atoms with van der Waals surface area (Å²) in [6.07, 6.45) is 3.85. The molecule has 0 amide bonds. The third-order valence-electron chi connectivity index (χ3n) is 5.95. The van der Waals surface area contributed by atoms with Gasteiger partial charge >= 0.3 is 0 Å². The molecule has 1 unspecified atom stereocenters. The lowest BCUT2D eigenvalue weighted by molar-refractivity contribution is 0.171. The van der Waals surface area contributed by atoms with Crippen molar-refractivity contribution in [1.29, 1.82) is 15.8 Å². The van der Waals surface area contributed by atoms with Gasteiger partial charge in [0.25, 0.3) is 0 Å². The minimum Gasteiger partial charge on any atom is -0.399 e. The van der Waals surface area contributed by atoms with Crippen molar-refractivity contribution in [3.63, 3.8) is 0 Å². The smallest absolute Gasteiger partial charge is 0.192 e. The standard InChI is InChI=1S/C21H22N4S/c1-20(2,3)13-6-7-14-15(9-13)18(17-5-4-8-26-17)21(11-23,12-24)19(25)16(14)10-22/h4-5,7-8,13,15,18H,6,9,25H2,1-3H3/t13?,15-,18-/m0/s1. The van der Waals surface area contributed by atoms with Gasteiger partial charge in [-0.2, -0.15) is 15.8 Å². The molecular weight excluding hydrogens is 340 g/mol. The molecular formula is C21H22N4S. The third kappa shape index (κ3) is 2.54. The summed E-state index contributed by atoms with van der Waals surface area (Å²) in [5.74, 6) is 0.0342. The number of hydrogen-bond acceptors (Lipinski definition) is 5. The zero-order chi connectivity index (χ0) is 19.1. The van der Waals surface area contributed by atoms with Crippen molar-refractivity contribution in [3.8, 4) is 18.2 Å². The molecule has 0 spiro atoms. The van der Waals surface area contributed by atoms with Crippen LogP contribution in [0.1, 0.15) is 44.4 Å². The van der Waals surface area contributed by atoms with E-state index in [1.807, 2.05) is 17.5 Å². The highest BCUT2D eigenvalue weighted by molar-refractivity contribution is 7.10. The molecule has 2 aliphatic rings. The van der Waals surface area contributed by atoms with Gasteiger partial charge in [0.05, 0.1) is 23.4 Å². The number of thiophene rings is 1. The van der Waals surface area contributed by atoms with E-state index in [0.29, 0.717) is 11.5 Å². The zero-order valence-corrected chi connectivity index (χ0v) is 16.1. The molecule has 4 nitrogen and oxygen atoms in total. The van der Waals surface area contributed by atoms with Crippen molar-refractivity contribution in [2.75, 3.05) is 0 Å². The summed E-state index contributed by atoms with van der Waals surface area (Å²) in [4.78, 5) is 0.985. The quantitative estimate of drug-likeness (QED) is 0.788. The summed E-state index contributed by atoms with van der Waals surface area (Å²) >= 11 is 1.55. The summed E-state index contributed by atoms with van der Waals surface area (Å²) in [6.45, 7) is 6.66. The SMILES string of the molecule is CC(C)(C)C1CC=C2C(C#N)=C(N)C(C#N)(C#N)[C@H](c3cccs3)[C@H]2C1. The second-order valence-corrected chi connectivity index (χ2v) is 9.20. The molecule has 2 aliphatic carbocycles. The third-order valence-corrected chi connectivity index (χ3v) is 6.91. The first-order chi connectivity index (χ1) is 12.3. The Kier molecular flexibility index (Phi) is 4.43. The maximum absolute atomic E-state index is 10.00. The van der Waals surface area contributed by atoms with Gasteiger partial charge in [-0.3, -0.25) is 0 Å². The van der Waals surface area contributed by atoms with Crippen molar-refractivity contribution in [2.45, 2.75) is 39.5 Å². The van der Waals surface area contributed by atoms with Crippen LogP contribution in [-0.4, -0.2) is 0 Å². The van der Waals surface area contributed by atoms with Gasteiger partial charge in [0, 0.05) is 10.8 Å². The lowest BCUT2D eigenvalue weighted by atomic mass is 9.55. The van der Waals surface area contributed by atoms with Gasteiger partial charge in [-0.05, 0) is 47.1 Å². The van der Waals surface area contributed by atoms with E-state index in [1.54, 1.807) is 11.3 Å². The molecule has 0 bridgehead atoms. The number of nitriles is 3. The van der Waals surface area contributed by atoms with Crippen molar-refractivity contribution in [2.24, 2.45) is 28.4 Å². The molecule has 0 saturated heterocycles. The van der Waals surface area contributed by atoms with Crippen LogP contribution in [0.2, 0.25) is 0 Å². The van der Waals surface area contributed by atoms with Gasteiger partial charge < -0.3 is 5.73 Å². The Hall–Kier alpha value is -2.55. The van der Waals surface area contributed by atoms with Crippen molar-refractivity contribution >= 4 is 11.3 Å². The molecule has 0 radical (unpaired) electrons. The fourth-order valence-electron chi connectivity index (χ4n) is 4.37. The van der Waals surface area contributed by atoms with E-state index in [9.17, 15) is 15.8 Å². The second kappa shape index (κ2) is 6.31. The molecule has 3 atom stereocenters. The number of rotatable bonds is 1. The van der Waals surface area contributed by atoms with Crippen LogP contribution in [0.3, 0.4) is 0 Å². The number of nitrogens with two attached hydrogens (primary N) is 1. The highest BCUT2D eigenvalue weighted by Gasteiger charge is 2.55. The van der Waals surface area contributed by atoms with Gasteiger partial charge in [0.15, 0.2) is 5.41 Å². The first-order valence-electron chi connectivity index (χ1n) is 8.76. The highest BCUT2D eigenvalue weighted by Crippen LogP contribution is 2.58. The highest BCUT2D eigenvalue weighted by atomic mass is 32.1. The van der Waals surface area contributed by atoms with E-state index >= 15 is 0 Å². The van der Waals surface area contributed by atoms with E-state index in [1.165, 1.54) is 0 Å². The number of fused-ring (bicyclic) bond motifs is 1. The van der Waals surface area contributed by atoms with E-state index in [2.05, 4.69) is 45.1 Å². The molecule has 1 aromatic rings. The van der Waals surface area contributed by atoms with Gasteiger partial charge in [0.1, 0.15) is 6.07 Å². The Bertz CT molecular complexity index is 880. The Labute approximate surface area is 158 Å². The summed E-state index contributed by atoms with van der Waals surface area (Å²) in [6, 6.07) is 10.5. The lowest BCUT2D eigenvalue weighted by Crippen LogP contribution is -2.44. The molecule has 0 fully saturated rings. The summed E-state index contributed by atoms with van der Waals surface area (Å²) in [5, 5.41) is 31.7. The van der Waals surface area contributed by atoms with Crippen molar-refractivity contribution < 1.29 is 0 Å². The van der Waals surface area contributed by atoms with Crippen LogP contribution in [-0.2, 0) is 0 Å². The average molecular weight is 363 g/mol. The number of allylic oxidation sites excluding steroid dienone is 4. The van der Waals surface area contributed by atoms with Crippen LogP contribution in [0.4, 0.5) is 0 Å². The zero-order valence-electron chi connectivity index (χ0n) is 15.3. The maximum atomic E-state index is 10.00. The fourth-order valence-corrected chi connectivity index (χ4v) is 5.33. The van der Waals surface area contributed by atoms with Gasteiger partial charge in [0.2, 0.25) is 0 Å². The molecule has 0 aromatic carbocycles. The minimum absolute atomic E-state index is 0.0483. The normalized spacial score (nSPS) is 27.5. The van der Waals surface area contributed by atoms with Crippen LogP contribution in [0.5, 0.6) is 0 Å². The summed E-state index contributed by atoms with van der Waals surface area (Å²) in [5.41, 5.74) is 6.27. The van der Waals surface area contributed by atoms with Crippen LogP contribution in [0.15, 0.2) is 40.4 Å². The predicted molar refractivity (Wildman–Crippen MR) is 101 cm³/mol. The molecule has 3 rings (SSSR count). The minimum atomic E-state index is -1.50. The lowest BCUT2D eigenvalue weighted by Gasteiger charge is -2.46. The molecule has 132 valence electrons. The molecule has 2 N–H and O–H groups in total. The number of nitrogens with zero attached hydrogens (tertiary/aromatic N) is 3. The van der Waals surface area contributed by atoms with Crippen LogP contribution in [0, 0.1) is 56.7 Å². The maximum Gasteiger partial charge on any atom is 0.192 e. The molecule has 26 heavy (non-hydrogen) atoms. The van der Waals surface area contributed by atoms with E-state index in [4.69, 9.17) is 5.73 Å². The van der Waals surface area contributed by atoms with E-state index < -0.39 is 5.41 Å². The van der Waals surface area contributed by atoms with Crippen molar-refractivity contribution in [1.82, 2.24) is 0 Å². The molecule has 5 heteroatoms. The molecule has 0 aliphatic heterocycles. The molecule has 1 heterocycles.